The molecule has 0 aromatic heterocycles. The van der Waals surface area contributed by atoms with E-state index < -0.39 is 6.10 Å². The van der Waals surface area contributed by atoms with Gasteiger partial charge >= 0.3 is 0 Å². The standard InChI is InChI=1S/C17H27NO3/c1-14-5-3-4-6-17(14)21-13-16(19)11-18-9-7-15(8-10-18)12-20-2/h3-6,15-16,19H,7-13H2,1-2H3. The molecule has 4 nitrogen and oxygen atoms in total. The highest BCUT2D eigenvalue weighted by Gasteiger charge is 2.21. The van der Waals surface area contributed by atoms with Crippen LogP contribution in [0.5, 0.6) is 5.75 Å². The minimum atomic E-state index is -0.441. The zero-order valence-electron chi connectivity index (χ0n) is 13.1. The van der Waals surface area contributed by atoms with Crippen LogP contribution in [0.25, 0.3) is 0 Å². The number of aliphatic hydroxyl groups is 1. The third-order valence-corrected chi connectivity index (χ3v) is 4.10. The summed E-state index contributed by atoms with van der Waals surface area (Å²) in [6.45, 7) is 5.98. The number of ether oxygens (including phenoxy) is 2. The number of aryl methyl sites for hydroxylation is 1. The Morgan fingerprint density at radius 3 is 2.67 bits per heavy atom. The number of hydrogen-bond donors (Lipinski definition) is 1. The molecule has 1 aliphatic rings. The maximum Gasteiger partial charge on any atom is 0.122 e. The molecule has 0 aliphatic carbocycles. The van der Waals surface area contributed by atoms with Gasteiger partial charge in [-0.25, -0.2) is 0 Å². The number of nitrogens with zero attached hydrogens (tertiary/aromatic N) is 1. The van der Waals surface area contributed by atoms with Gasteiger partial charge in [-0.05, 0) is 50.4 Å². The molecular weight excluding hydrogens is 266 g/mol. The molecule has 1 heterocycles. The lowest BCUT2D eigenvalue weighted by Crippen LogP contribution is -2.41. The largest absolute Gasteiger partial charge is 0.491 e. The summed E-state index contributed by atoms with van der Waals surface area (Å²) in [5.41, 5.74) is 1.10. The number of rotatable bonds is 7. The minimum absolute atomic E-state index is 0.350. The van der Waals surface area contributed by atoms with E-state index in [1.165, 1.54) is 0 Å². The molecule has 1 saturated heterocycles. The SMILES string of the molecule is COCC1CCN(CC(O)COc2ccccc2C)CC1. The van der Waals surface area contributed by atoms with E-state index in [9.17, 15) is 5.11 Å². The molecular formula is C17H27NO3. The van der Waals surface area contributed by atoms with E-state index in [-0.39, 0.29) is 0 Å². The van der Waals surface area contributed by atoms with Gasteiger partial charge in [-0.3, -0.25) is 0 Å². The van der Waals surface area contributed by atoms with Gasteiger partial charge in [0, 0.05) is 20.3 Å². The molecule has 1 fully saturated rings. The van der Waals surface area contributed by atoms with Crippen molar-refractivity contribution in [1.29, 1.82) is 0 Å². The Morgan fingerprint density at radius 1 is 1.29 bits per heavy atom. The number of piperidine rings is 1. The molecule has 2 rings (SSSR count). The van der Waals surface area contributed by atoms with Crippen LogP contribution < -0.4 is 4.74 Å². The summed E-state index contributed by atoms with van der Waals surface area (Å²) in [4.78, 5) is 2.32. The van der Waals surface area contributed by atoms with Crippen molar-refractivity contribution in [2.75, 3.05) is 40.0 Å². The van der Waals surface area contributed by atoms with E-state index in [1.54, 1.807) is 7.11 Å². The monoisotopic (exact) mass is 293 g/mol. The van der Waals surface area contributed by atoms with E-state index in [2.05, 4.69) is 4.90 Å². The average Bonchev–Trinajstić information content (AvgIpc) is 2.49. The van der Waals surface area contributed by atoms with Crippen molar-refractivity contribution in [3.05, 3.63) is 29.8 Å². The summed E-state index contributed by atoms with van der Waals surface area (Å²) in [5, 5.41) is 10.1. The van der Waals surface area contributed by atoms with E-state index in [0.29, 0.717) is 19.1 Å². The van der Waals surface area contributed by atoms with Gasteiger partial charge < -0.3 is 19.5 Å². The van der Waals surface area contributed by atoms with Crippen molar-refractivity contribution in [3.63, 3.8) is 0 Å². The molecule has 0 amide bonds. The number of methoxy groups -OCH3 is 1. The van der Waals surface area contributed by atoms with Crippen LogP contribution in [0.3, 0.4) is 0 Å². The fraction of sp³-hybridized carbons (Fsp3) is 0.647. The molecule has 4 heteroatoms. The predicted molar refractivity (Wildman–Crippen MR) is 83.7 cm³/mol. The van der Waals surface area contributed by atoms with E-state index in [4.69, 9.17) is 9.47 Å². The topological polar surface area (TPSA) is 41.9 Å². The molecule has 1 atom stereocenters. The minimum Gasteiger partial charge on any atom is -0.491 e. The molecule has 1 unspecified atom stereocenters. The van der Waals surface area contributed by atoms with Gasteiger partial charge in [0.15, 0.2) is 0 Å². The van der Waals surface area contributed by atoms with Crippen molar-refractivity contribution in [1.82, 2.24) is 4.90 Å². The van der Waals surface area contributed by atoms with Crippen LogP contribution in [0.2, 0.25) is 0 Å². The average molecular weight is 293 g/mol. The van der Waals surface area contributed by atoms with Crippen LogP contribution in [-0.2, 0) is 4.74 Å². The van der Waals surface area contributed by atoms with Crippen LogP contribution in [0.4, 0.5) is 0 Å². The third-order valence-electron chi connectivity index (χ3n) is 4.10. The highest BCUT2D eigenvalue weighted by Crippen LogP contribution is 2.18. The Kier molecular flexibility index (Phi) is 6.49. The molecule has 1 aromatic carbocycles. The van der Waals surface area contributed by atoms with Crippen molar-refractivity contribution in [3.8, 4) is 5.75 Å². The zero-order chi connectivity index (χ0) is 15.1. The van der Waals surface area contributed by atoms with Crippen LogP contribution in [0.15, 0.2) is 24.3 Å². The molecule has 0 spiro atoms. The van der Waals surface area contributed by atoms with Crippen molar-refractivity contribution >= 4 is 0 Å². The third kappa shape index (κ3) is 5.30. The summed E-state index contributed by atoms with van der Waals surface area (Å²) in [5.74, 6) is 1.53. The second-order valence-corrected chi connectivity index (χ2v) is 5.93. The molecule has 1 aromatic rings. The van der Waals surface area contributed by atoms with Gasteiger partial charge in [-0.15, -0.1) is 0 Å². The Morgan fingerprint density at radius 2 is 2.00 bits per heavy atom. The summed E-state index contributed by atoms with van der Waals surface area (Å²) in [6, 6.07) is 7.90. The van der Waals surface area contributed by atoms with E-state index in [0.717, 1.165) is 43.9 Å². The van der Waals surface area contributed by atoms with Crippen molar-refractivity contribution in [2.45, 2.75) is 25.9 Å². The van der Waals surface area contributed by atoms with Gasteiger partial charge in [0.1, 0.15) is 18.5 Å². The Hall–Kier alpha value is -1.10. The van der Waals surface area contributed by atoms with Gasteiger partial charge in [0.05, 0.1) is 0 Å². The molecule has 0 bridgehead atoms. The van der Waals surface area contributed by atoms with Crippen LogP contribution in [0, 0.1) is 12.8 Å². The fourth-order valence-electron chi connectivity index (χ4n) is 2.83. The summed E-state index contributed by atoms with van der Waals surface area (Å²) < 4.78 is 10.9. The number of benzene rings is 1. The zero-order valence-corrected chi connectivity index (χ0v) is 13.1. The first-order valence-corrected chi connectivity index (χ1v) is 7.77. The van der Waals surface area contributed by atoms with Gasteiger partial charge in [-0.1, -0.05) is 18.2 Å². The summed E-state index contributed by atoms with van der Waals surface area (Å²) in [6.07, 6.45) is 1.86. The molecule has 0 radical (unpaired) electrons. The van der Waals surface area contributed by atoms with Crippen LogP contribution in [-0.4, -0.2) is 56.1 Å². The highest BCUT2D eigenvalue weighted by atomic mass is 16.5. The molecule has 118 valence electrons. The second kappa shape index (κ2) is 8.37. The normalized spacial score (nSPS) is 18.6. The van der Waals surface area contributed by atoms with E-state index in [1.807, 2.05) is 31.2 Å². The number of likely N-dealkylation sites (tertiary alicyclic amines) is 1. The molecule has 1 N–H and O–H groups in total. The summed E-state index contributed by atoms with van der Waals surface area (Å²) >= 11 is 0. The first-order valence-electron chi connectivity index (χ1n) is 7.77. The molecule has 1 aliphatic heterocycles. The van der Waals surface area contributed by atoms with Gasteiger partial charge in [0.2, 0.25) is 0 Å². The molecule has 0 saturated carbocycles. The number of hydrogen-bond acceptors (Lipinski definition) is 4. The first-order chi connectivity index (χ1) is 10.2. The summed E-state index contributed by atoms with van der Waals surface area (Å²) in [7, 11) is 1.76. The highest BCUT2D eigenvalue weighted by molar-refractivity contribution is 5.31. The van der Waals surface area contributed by atoms with Crippen LogP contribution in [0.1, 0.15) is 18.4 Å². The Bertz CT molecular complexity index is 416. The van der Waals surface area contributed by atoms with Crippen molar-refractivity contribution < 1.29 is 14.6 Å². The molecule has 21 heavy (non-hydrogen) atoms. The van der Waals surface area contributed by atoms with Gasteiger partial charge in [0.25, 0.3) is 0 Å². The first kappa shape index (κ1) is 16.3. The fourth-order valence-corrected chi connectivity index (χ4v) is 2.83. The maximum atomic E-state index is 10.1. The number of β-amino-alcohol motifs (C(OH)–C–C–N with tert-alkyl or cyclic N) is 1. The van der Waals surface area contributed by atoms with E-state index >= 15 is 0 Å². The Balaban J connectivity index is 1.68. The predicted octanol–water partition coefficient (Wildman–Crippen LogP) is 2.09. The lowest BCUT2D eigenvalue weighted by atomic mass is 9.97. The van der Waals surface area contributed by atoms with Crippen molar-refractivity contribution in [2.24, 2.45) is 5.92 Å². The number of aliphatic hydroxyl groups excluding tert-OH is 1. The lowest BCUT2D eigenvalue weighted by Gasteiger charge is -2.32. The lowest BCUT2D eigenvalue weighted by molar-refractivity contribution is 0.0439. The smallest absolute Gasteiger partial charge is 0.122 e. The van der Waals surface area contributed by atoms with Gasteiger partial charge in [-0.2, -0.15) is 0 Å². The quantitative estimate of drug-likeness (QED) is 0.836. The number of para-hydroxylation sites is 1. The van der Waals surface area contributed by atoms with Crippen LogP contribution >= 0.6 is 0 Å². The second-order valence-electron chi connectivity index (χ2n) is 5.93. The maximum absolute atomic E-state index is 10.1. The Labute approximate surface area is 127 Å².